The summed E-state index contributed by atoms with van der Waals surface area (Å²) in [5.74, 6) is 0. The van der Waals surface area contributed by atoms with Gasteiger partial charge in [0.1, 0.15) is 0 Å². The summed E-state index contributed by atoms with van der Waals surface area (Å²) < 4.78 is 0. The number of hydrogen-bond acceptors (Lipinski definition) is 0. The lowest BCUT2D eigenvalue weighted by atomic mass is 10.0. The number of rotatable bonds is 5. The average molecular weight is 236 g/mol. The second kappa shape index (κ2) is 6.20. The lowest BCUT2D eigenvalue weighted by molar-refractivity contribution is 0.820. The summed E-state index contributed by atoms with van der Waals surface area (Å²) in [5.41, 5.74) is 5.37. The first-order valence-electron chi connectivity index (χ1n) is 6.55. The lowest BCUT2D eigenvalue weighted by Gasteiger charge is -2.03. The summed E-state index contributed by atoms with van der Waals surface area (Å²) >= 11 is 0. The van der Waals surface area contributed by atoms with Crippen LogP contribution < -0.4 is 0 Å². The van der Waals surface area contributed by atoms with Crippen LogP contribution in [0.15, 0.2) is 55.1 Å². The van der Waals surface area contributed by atoms with Crippen LogP contribution in [-0.4, -0.2) is 0 Å². The summed E-state index contributed by atoms with van der Waals surface area (Å²) in [5, 5.41) is 0. The Morgan fingerprint density at radius 2 is 1.33 bits per heavy atom. The van der Waals surface area contributed by atoms with Crippen molar-refractivity contribution in [3.05, 3.63) is 77.4 Å². The van der Waals surface area contributed by atoms with Crippen LogP contribution in [0, 0.1) is 6.92 Å². The molecule has 0 amide bonds. The molecule has 0 spiro atoms. The maximum absolute atomic E-state index is 3.77. The van der Waals surface area contributed by atoms with Gasteiger partial charge in [-0.05, 0) is 42.9 Å². The Balaban J connectivity index is 1.84. The maximum Gasteiger partial charge on any atom is -0.0262 e. The van der Waals surface area contributed by atoms with Gasteiger partial charge < -0.3 is 0 Å². The highest BCUT2D eigenvalue weighted by atomic mass is 14.0. The first-order chi connectivity index (χ1) is 8.78. The van der Waals surface area contributed by atoms with Crippen LogP contribution >= 0.6 is 0 Å². The molecule has 0 atom stereocenters. The van der Waals surface area contributed by atoms with E-state index in [1.807, 2.05) is 6.08 Å². The molecule has 0 aliphatic carbocycles. The fourth-order valence-electron chi connectivity index (χ4n) is 2.07. The van der Waals surface area contributed by atoms with Crippen molar-refractivity contribution in [2.45, 2.75) is 26.2 Å². The summed E-state index contributed by atoms with van der Waals surface area (Å²) in [4.78, 5) is 0. The molecular formula is C18H20. The van der Waals surface area contributed by atoms with Gasteiger partial charge >= 0.3 is 0 Å². The van der Waals surface area contributed by atoms with Crippen molar-refractivity contribution in [3.63, 3.8) is 0 Å². The Morgan fingerprint density at radius 3 is 1.83 bits per heavy atom. The van der Waals surface area contributed by atoms with E-state index in [9.17, 15) is 0 Å². The highest BCUT2D eigenvalue weighted by molar-refractivity contribution is 5.47. The molecule has 0 heteroatoms. The predicted molar refractivity (Wildman–Crippen MR) is 79.7 cm³/mol. The third-order valence-corrected chi connectivity index (χ3v) is 3.27. The molecule has 0 heterocycles. The largest absolute Gasteiger partial charge is 0.0985 e. The van der Waals surface area contributed by atoms with Crippen molar-refractivity contribution in [2.24, 2.45) is 0 Å². The number of aryl methyl sites for hydroxylation is 3. The van der Waals surface area contributed by atoms with Crippen molar-refractivity contribution in [1.82, 2.24) is 0 Å². The monoisotopic (exact) mass is 236 g/mol. The SMILES string of the molecule is C=Cc1ccc(CCCc2ccc(C)cc2)cc1. The standard InChI is InChI=1S/C18H20/c1-3-16-11-13-18(14-12-16)6-4-5-17-9-7-15(2)8-10-17/h3,7-14H,1,4-6H2,2H3. The van der Waals surface area contributed by atoms with E-state index in [1.54, 1.807) is 0 Å². The zero-order valence-corrected chi connectivity index (χ0v) is 11.0. The van der Waals surface area contributed by atoms with Crippen molar-refractivity contribution in [2.75, 3.05) is 0 Å². The van der Waals surface area contributed by atoms with Crippen LogP contribution in [0.1, 0.15) is 28.7 Å². The summed E-state index contributed by atoms with van der Waals surface area (Å²) in [6, 6.07) is 17.5. The number of hydrogen-bond donors (Lipinski definition) is 0. The Morgan fingerprint density at radius 1 is 0.833 bits per heavy atom. The van der Waals surface area contributed by atoms with Gasteiger partial charge in [0, 0.05) is 0 Å². The molecule has 92 valence electrons. The van der Waals surface area contributed by atoms with Crippen molar-refractivity contribution in [3.8, 4) is 0 Å². The minimum atomic E-state index is 1.14. The van der Waals surface area contributed by atoms with Crippen LogP contribution in [0.4, 0.5) is 0 Å². The van der Waals surface area contributed by atoms with Gasteiger partial charge in [0.25, 0.3) is 0 Å². The first kappa shape index (κ1) is 12.6. The van der Waals surface area contributed by atoms with Crippen LogP contribution in [0.3, 0.4) is 0 Å². The van der Waals surface area contributed by atoms with Crippen LogP contribution in [0.5, 0.6) is 0 Å². The van der Waals surface area contributed by atoms with Gasteiger partial charge in [-0.15, -0.1) is 0 Å². The lowest BCUT2D eigenvalue weighted by Crippen LogP contribution is -1.90. The van der Waals surface area contributed by atoms with E-state index in [0.29, 0.717) is 0 Å². The quantitative estimate of drug-likeness (QED) is 0.698. The molecule has 0 saturated carbocycles. The van der Waals surface area contributed by atoms with Crippen molar-refractivity contribution < 1.29 is 0 Å². The van der Waals surface area contributed by atoms with Gasteiger partial charge in [0.2, 0.25) is 0 Å². The third-order valence-electron chi connectivity index (χ3n) is 3.27. The summed E-state index contributed by atoms with van der Waals surface area (Å²) in [6.45, 7) is 5.90. The Kier molecular flexibility index (Phi) is 4.35. The minimum Gasteiger partial charge on any atom is -0.0985 e. The van der Waals surface area contributed by atoms with Crippen molar-refractivity contribution >= 4 is 6.08 Å². The highest BCUT2D eigenvalue weighted by Crippen LogP contribution is 2.11. The minimum absolute atomic E-state index is 1.14. The summed E-state index contributed by atoms with van der Waals surface area (Å²) in [6.07, 6.45) is 5.39. The fourth-order valence-corrected chi connectivity index (χ4v) is 2.07. The van der Waals surface area contributed by atoms with Crippen molar-refractivity contribution in [1.29, 1.82) is 0 Å². The van der Waals surface area contributed by atoms with E-state index >= 15 is 0 Å². The predicted octanol–water partition coefficient (Wildman–Crippen LogP) is 4.81. The highest BCUT2D eigenvalue weighted by Gasteiger charge is 1.96. The molecule has 2 rings (SSSR count). The van der Waals surface area contributed by atoms with E-state index in [1.165, 1.54) is 28.7 Å². The zero-order valence-electron chi connectivity index (χ0n) is 11.0. The third kappa shape index (κ3) is 3.59. The van der Waals surface area contributed by atoms with Gasteiger partial charge in [-0.2, -0.15) is 0 Å². The molecule has 2 aromatic carbocycles. The molecule has 0 unspecified atom stereocenters. The summed E-state index contributed by atoms with van der Waals surface area (Å²) in [7, 11) is 0. The molecule has 0 fully saturated rings. The van der Waals surface area contributed by atoms with Crippen LogP contribution in [0.25, 0.3) is 6.08 Å². The Labute approximate surface area is 110 Å². The second-order valence-corrected chi connectivity index (χ2v) is 4.78. The van der Waals surface area contributed by atoms with Gasteiger partial charge in [0.15, 0.2) is 0 Å². The molecule has 0 nitrogen and oxygen atoms in total. The average Bonchev–Trinajstić information content (AvgIpc) is 2.42. The topological polar surface area (TPSA) is 0 Å². The molecule has 0 saturated heterocycles. The molecular weight excluding hydrogens is 216 g/mol. The molecule has 0 aromatic heterocycles. The van der Waals surface area contributed by atoms with E-state index in [-0.39, 0.29) is 0 Å². The van der Waals surface area contributed by atoms with E-state index in [2.05, 4.69) is 62.0 Å². The van der Waals surface area contributed by atoms with E-state index < -0.39 is 0 Å². The Hall–Kier alpha value is -1.82. The number of benzene rings is 2. The van der Waals surface area contributed by atoms with Crippen LogP contribution in [0.2, 0.25) is 0 Å². The van der Waals surface area contributed by atoms with Gasteiger partial charge in [-0.3, -0.25) is 0 Å². The molecule has 0 bridgehead atoms. The maximum atomic E-state index is 3.77. The molecule has 0 radical (unpaired) electrons. The van der Waals surface area contributed by atoms with Gasteiger partial charge in [0.05, 0.1) is 0 Å². The molecule has 0 N–H and O–H groups in total. The van der Waals surface area contributed by atoms with Gasteiger partial charge in [-0.25, -0.2) is 0 Å². The zero-order chi connectivity index (χ0) is 12.8. The molecule has 18 heavy (non-hydrogen) atoms. The van der Waals surface area contributed by atoms with Crippen LogP contribution in [-0.2, 0) is 12.8 Å². The molecule has 2 aromatic rings. The molecule has 0 aliphatic rings. The second-order valence-electron chi connectivity index (χ2n) is 4.78. The van der Waals surface area contributed by atoms with E-state index in [0.717, 1.165) is 12.8 Å². The van der Waals surface area contributed by atoms with E-state index in [4.69, 9.17) is 0 Å². The smallest absolute Gasteiger partial charge is 0.0262 e. The van der Waals surface area contributed by atoms with Gasteiger partial charge in [-0.1, -0.05) is 66.7 Å². The fraction of sp³-hybridized carbons (Fsp3) is 0.222. The normalized spacial score (nSPS) is 10.3. The molecule has 0 aliphatic heterocycles. The Bertz CT molecular complexity index is 489. The first-order valence-corrected chi connectivity index (χ1v) is 6.55.